The number of carbonyl (C=O) groups is 2. The number of alkyl halides is 3. The first-order valence-corrected chi connectivity index (χ1v) is 7.98. The average Bonchev–Trinajstić information content (AvgIpc) is 2.60. The van der Waals surface area contributed by atoms with E-state index in [-0.39, 0.29) is 12.0 Å². The molecule has 138 valence electrons. The number of rotatable bonds is 6. The molecule has 2 aromatic rings. The Balaban J connectivity index is 1.83. The normalized spacial score (nSPS) is 11.1. The smallest absolute Gasteiger partial charge is 0.416 e. The van der Waals surface area contributed by atoms with Crippen molar-refractivity contribution in [1.82, 2.24) is 0 Å². The van der Waals surface area contributed by atoms with E-state index in [9.17, 15) is 22.8 Å². The lowest BCUT2D eigenvalue weighted by Crippen LogP contribution is -2.21. The van der Waals surface area contributed by atoms with Gasteiger partial charge in [-0.05, 0) is 35.7 Å². The van der Waals surface area contributed by atoms with E-state index in [1.807, 2.05) is 19.1 Å². The van der Waals surface area contributed by atoms with Crippen molar-refractivity contribution in [3.63, 3.8) is 0 Å². The zero-order chi connectivity index (χ0) is 19.2. The molecule has 1 amide bonds. The minimum Gasteiger partial charge on any atom is -0.455 e. The number of amides is 1. The first-order chi connectivity index (χ1) is 12.3. The standard InChI is InChI=1S/C19H18F3NO3/c1-2-13-6-8-16(9-7-13)23-17(24)12-26-18(25)11-14-4-3-5-15(10-14)19(20,21)22/h3-10H,2,11-12H2,1H3,(H,23,24). The number of halogens is 3. The molecule has 0 aliphatic carbocycles. The number of aryl methyl sites for hydroxylation is 1. The van der Waals surface area contributed by atoms with Crippen LogP contribution in [0.1, 0.15) is 23.6 Å². The van der Waals surface area contributed by atoms with E-state index in [4.69, 9.17) is 4.74 Å². The lowest BCUT2D eigenvalue weighted by molar-refractivity contribution is -0.146. The summed E-state index contributed by atoms with van der Waals surface area (Å²) >= 11 is 0. The molecule has 0 unspecified atom stereocenters. The minimum atomic E-state index is -4.48. The maximum Gasteiger partial charge on any atom is 0.416 e. The van der Waals surface area contributed by atoms with Gasteiger partial charge in [0.2, 0.25) is 0 Å². The Morgan fingerprint density at radius 1 is 1.04 bits per heavy atom. The number of hydrogen-bond acceptors (Lipinski definition) is 3. The summed E-state index contributed by atoms with van der Waals surface area (Å²) in [6, 6.07) is 11.6. The fourth-order valence-electron chi connectivity index (χ4n) is 2.24. The predicted octanol–water partition coefficient (Wildman–Crippen LogP) is 3.99. The molecule has 26 heavy (non-hydrogen) atoms. The molecule has 0 radical (unpaired) electrons. The van der Waals surface area contributed by atoms with Crippen LogP contribution in [0.3, 0.4) is 0 Å². The fraction of sp³-hybridized carbons (Fsp3) is 0.263. The zero-order valence-corrected chi connectivity index (χ0v) is 14.1. The summed E-state index contributed by atoms with van der Waals surface area (Å²) < 4.78 is 42.8. The van der Waals surface area contributed by atoms with Crippen molar-refractivity contribution in [1.29, 1.82) is 0 Å². The van der Waals surface area contributed by atoms with E-state index in [1.165, 1.54) is 12.1 Å². The summed E-state index contributed by atoms with van der Waals surface area (Å²) in [4.78, 5) is 23.5. The van der Waals surface area contributed by atoms with Gasteiger partial charge in [0.25, 0.3) is 5.91 Å². The molecular formula is C19H18F3NO3. The van der Waals surface area contributed by atoms with Crippen LogP contribution in [-0.4, -0.2) is 18.5 Å². The van der Waals surface area contributed by atoms with Crippen molar-refractivity contribution in [3.8, 4) is 0 Å². The monoisotopic (exact) mass is 365 g/mol. The van der Waals surface area contributed by atoms with Crippen LogP contribution in [-0.2, 0) is 33.3 Å². The Hall–Kier alpha value is -2.83. The summed E-state index contributed by atoms with van der Waals surface area (Å²) in [6.45, 7) is 1.50. The zero-order valence-electron chi connectivity index (χ0n) is 14.1. The molecule has 0 fully saturated rings. The number of nitrogens with one attached hydrogen (secondary N) is 1. The van der Waals surface area contributed by atoms with Crippen LogP contribution >= 0.6 is 0 Å². The predicted molar refractivity (Wildman–Crippen MR) is 90.6 cm³/mol. The molecule has 4 nitrogen and oxygen atoms in total. The topological polar surface area (TPSA) is 55.4 Å². The number of hydrogen-bond donors (Lipinski definition) is 1. The second kappa shape index (κ2) is 8.51. The SMILES string of the molecule is CCc1ccc(NC(=O)COC(=O)Cc2cccc(C(F)(F)F)c2)cc1. The third-order valence-electron chi connectivity index (χ3n) is 3.61. The lowest BCUT2D eigenvalue weighted by Gasteiger charge is -2.09. The van der Waals surface area contributed by atoms with Gasteiger partial charge in [0, 0.05) is 5.69 Å². The van der Waals surface area contributed by atoms with Crippen LogP contribution in [0.15, 0.2) is 48.5 Å². The van der Waals surface area contributed by atoms with Crippen molar-refractivity contribution in [2.75, 3.05) is 11.9 Å². The molecule has 0 bridgehead atoms. The molecule has 0 aliphatic heterocycles. The molecule has 1 N–H and O–H groups in total. The van der Waals surface area contributed by atoms with Gasteiger partial charge in [0.1, 0.15) is 0 Å². The Kier molecular flexibility index (Phi) is 6.38. The van der Waals surface area contributed by atoms with Gasteiger partial charge in [-0.15, -0.1) is 0 Å². The van der Waals surface area contributed by atoms with Crippen LogP contribution in [0.5, 0.6) is 0 Å². The summed E-state index contributed by atoms with van der Waals surface area (Å²) in [5.74, 6) is -1.30. The third kappa shape index (κ3) is 5.91. The summed E-state index contributed by atoms with van der Waals surface area (Å²) in [6.07, 6.45) is -3.95. The Morgan fingerprint density at radius 2 is 1.73 bits per heavy atom. The molecule has 2 rings (SSSR count). The Bertz CT molecular complexity index is 770. The molecule has 2 aromatic carbocycles. The second-order valence-corrected chi connectivity index (χ2v) is 5.63. The maximum atomic E-state index is 12.6. The molecule has 0 aromatic heterocycles. The fourth-order valence-corrected chi connectivity index (χ4v) is 2.24. The quantitative estimate of drug-likeness (QED) is 0.788. The number of anilines is 1. The van der Waals surface area contributed by atoms with Crippen LogP contribution < -0.4 is 5.32 Å². The average molecular weight is 365 g/mol. The highest BCUT2D eigenvalue weighted by atomic mass is 19.4. The molecule has 0 atom stereocenters. The van der Waals surface area contributed by atoms with Gasteiger partial charge in [0.15, 0.2) is 6.61 Å². The van der Waals surface area contributed by atoms with Gasteiger partial charge in [-0.3, -0.25) is 9.59 Å². The molecule has 0 spiro atoms. The third-order valence-corrected chi connectivity index (χ3v) is 3.61. The van der Waals surface area contributed by atoms with Crippen molar-refractivity contribution < 1.29 is 27.5 Å². The largest absolute Gasteiger partial charge is 0.455 e. The van der Waals surface area contributed by atoms with E-state index in [2.05, 4.69) is 5.32 Å². The highest BCUT2D eigenvalue weighted by Crippen LogP contribution is 2.29. The van der Waals surface area contributed by atoms with Gasteiger partial charge in [0.05, 0.1) is 12.0 Å². The lowest BCUT2D eigenvalue weighted by atomic mass is 10.1. The first kappa shape index (κ1) is 19.5. The van der Waals surface area contributed by atoms with E-state index in [0.717, 1.165) is 24.1 Å². The van der Waals surface area contributed by atoms with Gasteiger partial charge in [-0.2, -0.15) is 13.2 Å². The summed E-state index contributed by atoms with van der Waals surface area (Å²) in [7, 11) is 0. The summed E-state index contributed by atoms with van der Waals surface area (Å²) in [5, 5.41) is 2.58. The van der Waals surface area contributed by atoms with Crippen molar-refractivity contribution in [2.24, 2.45) is 0 Å². The van der Waals surface area contributed by atoms with Crippen LogP contribution in [0.2, 0.25) is 0 Å². The van der Waals surface area contributed by atoms with Crippen molar-refractivity contribution >= 4 is 17.6 Å². The van der Waals surface area contributed by atoms with Crippen LogP contribution in [0.25, 0.3) is 0 Å². The van der Waals surface area contributed by atoms with Gasteiger partial charge >= 0.3 is 12.1 Å². The van der Waals surface area contributed by atoms with Crippen molar-refractivity contribution in [3.05, 3.63) is 65.2 Å². The Labute approximate surface area is 149 Å². The first-order valence-electron chi connectivity index (χ1n) is 7.98. The molecule has 7 heteroatoms. The van der Waals surface area contributed by atoms with Crippen molar-refractivity contribution in [2.45, 2.75) is 25.9 Å². The Morgan fingerprint density at radius 3 is 2.35 bits per heavy atom. The van der Waals surface area contributed by atoms with Crippen LogP contribution in [0, 0.1) is 0 Å². The number of ether oxygens (including phenoxy) is 1. The molecular weight excluding hydrogens is 347 g/mol. The highest BCUT2D eigenvalue weighted by Gasteiger charge is 2.30. The van der Waals surface area contributed by atoms with Gasteiger partial charge in [-0.1, -0.05) is 37.3 Å². The maximum absolute atomic E-state index is 12.6. The number of carbonyl (C=O) groups excluding carboxylic acids is 2. The van der Waals surface area contributed by atoms with E-state index >= 15 is 0 Å². The number of benzene rings is 2. The highest BCUT2D eigenvalue weighted by molar-refractivity contribution is 5.92. The molecule has 0 saturated carbocycles. The van der Waals surface area contributed by atoms with Gasteiger partial charge < -0.3 is 10.1 Å². The van der Waals surface area contributed by atoms with E-state index in [1.54, 1.807) is 12.1 Å². The van der Waals surface area contributed by atoms with E-state index < -0.39 is 30.2 Å². The van der Waals surface area contributed by atoms with Gasteiger partial charge in [-0.25, -0.2) is 0 Å². The second-order valence-electron chi connectivity index (χ2n) is 5.63. The molecule has 0 heterocycles. The molecule has 0 aliphatic rings. The van der Waals surface area contributed by atoms with Crippen LogP contribution in [0.4, 0.5) is 18.9 Å². The minimum absolute atomic E-state index is 0.167. The van der Waals surface area contributed by atoms with E-state index in [0.29, 0.717) is 5.69 Å². The molecule has 0 saturated heterocycles. The number of esters is 1. The summed E-state index contributed by atoms with van der Waals surface area (Å²) in [5.41, 5.74) is 1.02.